The molecule has 2 heterocycles. The molecule has 2 aliphatic rings. The first kappa shape index (κ1) is 14.3. The molecule has 2 aliphatic heterocycles. The fourth-order valence-electron chi connectivity index (χ4n) is 2.91. The first-order valence-corrected chi connectivity index (χ1v) is 7.52. The van der Waals surface area contributed by atoms with E-state index in [1.54, 1.807) is 0 Å². The quantitative estimate of drug-likeness (QED) is 0.837. The van der Waals surface area contributed by atoms with Crippen LogP contribution in [0.25, 0.3) is 0 Å². The van der Waals surface area contributed by atoms with Crippen molar-refractivity contribution in [3.05, 3.63) is 0 Å². The summed E-state index contributed by atoms with van der Waals surface area (Å²) in [5.41, 5.74) is 0.434. The lowest BCUT2D eigenvalue weighted by molar-refractivity contribution is -0.0287. The van der Waals surface area contributed by atoms with E-state index in [2.05, 4.69) is 26.1 Å². The summed E-state index contributed by atoms with van der Waals surface area (Å²) in [6.07, 6.45) is 5.16. The summed E-state index contributed by atoms with van der Waals surface area (Å²) in [6.45, 7) is 10.8. The average Bonchev–Trinajstić information content (AvgIpc) is 2.38. The summed E-state index contributed by atoms with van der Waals surface area (Å²) in [7, 11) is 0. The van der Waals surface area contributed by atoms with Crippen molar-refractivity contribution < 1.29 is 9.47 Å². The van der Waals surface area contributed by atoms with Crippen molar-refractivity contribution in [2.45, 2.75) is 58.6 Å². The highest BCUT2D eigenvalue weighted by Gasteiger charge is 2.30. The molecule has 1 N–H and O–H groups in total. The number of rotatable bonds is 4. The molecule has 2 atom stereocenters. The molecule has 0 saturated carbocycles. The van der Waals surface area contributed by atoms with E-state index in [1.165, 1.54) is 19.3 Å². The van der Waals surface area contributed by atoms with Gasteiger partial charge in [0.15, 0.2) is 0 Å². The van der Waals surface area contributed by atoms with Crippen LogP contribution in [-0.2, 0) is 9.47 Å². The topological polar surface area (TPSA) is 30.5 Å². The summed E-state index contributed by atoms with van der Waals surface area (Å²) in [5.74, 6) is 0.633. The monoisotopic (exact) mass is 255 g/mol. The first-order valence-electron chi connectivity index (χ1n) is 7.52. The molecule has 0 radical (unpaired) electrons. The highest BCUT2D eigenvalue weighted by atomic mass is 16.5. The molecule has 2 saturated heterocycles. The Balaban J connectivity index is 1.75. The summed E-state index contributed by atoms with van der Waals surface area (Å²) < 4.78 is 11.3. The Kier molecular flexibility index (Phi) is 5.05. The molecule has 2 fully saturated rings. The third-order valence-electron chi connectivity index (χ3n) is 4.58. The summed E-state index contributed by atoms with van der Waals surface area (Å²) in [6, 6.07) is 0.644. The molecule has 0 aromatic rings. The Morgan fingerprint density at radius 1 is 1.22 bits per heavy atom. The maximum atomic E-state index is 5.83. The van der Waals surface area contributed by atoms with Crippen LogP contribution in [0, 0.1) is 11.3 Å². The second-order valence-corrected chi connectivity index (χ2v) is 6.68. The van der Waals surface area contributed by atoms with E-state index in [-0.39, 0.29) is 0 Å². The minimum atomic E-state index is 0.434. The molecule has 0 aromatic heterocycles. The second-order valence-electron chi connectivity index (χ2n) is 6.68. The van der Waals surface area contributed by atoms with E-state index >= 15 is 0 Å². The Hall–Kier alpha value is -0.120. The average molecular weight is 255 g/mol. The summed E-state index contributed by atoms with van der Waals surface area (Å²) in [4.78, 5) is 0. The van der Waals surface area contributed by atoms with Crippen molar-refractivity contribution in [3.8, 4) is 0 Å². The van der Waals surface area contributed by atoms with E-state index in [4.69, 9.17) is 9.47 Å². The largest absolute Gasteiger partial charge is 0.381 e. The van der Waals surface area contributed by atoms with E-state index < -0.39 is 0 Å². The maximum Gasteiger partial charge on any atom is 0.0612 e. The Morgan fingerprint density at radius 2 is 1.94 bits per heavy atom. The minimum absolute atomic E-state index is 0.434. The van der Waals surface area contributed by atoms with Gasteiger partial charge in [-0.1, -0.05) is 20.8 Å². The lowest BCUT2D eigenvalue weighted by Gasteiger charge is -2.38. The van der Waals surface area contributed by atoms with Gasteiger partial charge in [-0.2, -0.15) is 0 Å². The molecule has 18 heavy (non-hydrogen) atoms. The number of ether oxygens (including phenoxy) is 2. The van der Waals surface area contributed by atoms with Crippen molar-refractivity contribution >= 4 is 0 Å². The molecular formula is C15H29NO2. The molecule has 106 valence electrons. The van der Waals surface area contributed by atoms with Crippen LogP contribution in [0.1, 0.15) is 46.5 Å². The minimum Gasteiger partial charge on any atom is -0.381 e. The van der Waals surface area contributed by atoms with Crippen molar-refractivity contribution in [2.24, 2.45) is 11.3 Å². The number of hydrogen-bond acceptors (Lipinski definition) is 3. The second kappa shape index (κ2) is 6.36. The van der Waals surface area contributed by atoms with E-state index in [1.807, 2.05) is 0 Å². The van der Waals surface area contributed by atoms with Gasteiger partial charge in [-0.25, -0.2) is 0 Å². The maximum absolute atomic E-state index is 5.83. The van der Waals surface area contributed by atoms with Crippen LogP contribution in [0.2, 0.25) is 0 Å². The molecule has 0 aliphatic carbocycles. The lowest BCUT2D eigenvalue weighted by Crippen LogP contribution is -2.45. The Morgan fingerprint density at radius 3 is 2.61 bits per heavy atom. The molecule has 0 aromatic carbocycles. The molecule has 0 spiro atoms. The van der Waals surface area contributed by atoms with Crippen molar-refractivity contribution in [1.82, 2.24) is 5.32 Å². The fraction of sp³-hybridized carbons (Fsp3) is 1.00. The highest BCUT2D eigenvalue weighted by Crippen LogP contribution is 2.29. The van der Waals surface area contributed by atoms with Crippen LogP contribution in [0.4, 0.5) is 0 Å². The van der Waals surface area contributed by atoms with Crippen molar-refractivity contribution in [3.63, 3.8) is 0 Å². The zero-order valence-electron chi connectivity index (χ0n) is 12.2. The first-order chi connectivity index (χ1) is 8.59. The van der Waals surface area contributed by atoms with E-state index in [9.17, 15) is 0 Å². The summed E-state index contributed by atoms with van der Waals surface area (Å²) >= 11 is 0. The lowest BCUT2D eigenvalue weighted by atomic mass is 9.82. The molecule has 3 nitrogen and oxygen atoms in total. The summed E-state index contributed by atoms with van der Waals surface area (Å²) in [5, 5.41) is 3.78. The van der Waals surface area contributed by atoms with Gasteiger partial charge in [0, 0.05) is 32.4 Å². The molecule has 2 rings (SSSR count). The normalized spacial score (nSPS) is 32.7. The van der Waals surface area contributed by atoms with Crippen LogP contribution < -0.4 is 5.32 Å². The van der Waals surface area contributed by atoms with Crippen LogP contribution in [0.15, 0.2) is 0 Å². The third-order valence-corrected chi connectivity index (χ3v) is 4.58. The fourth-order valence-corrected chi connectivity index (χ4v) is 2.91. The SMILES string of the molecule is CC(C)C1CC(NCC2(C)CCOCC2)CCO1. The van der Waals surface area contributed by atoms with Crippen molar-refractivity contribution in [1.29, 1.82) is 0 Å². The molecule has 0 amide bonds. The Bertz CT molecular complexity index is 249. The zero-order chi connectivity index (χ0) is 13.0. The van der Waals surface area contributed by atoms with Gasteiger partial charge >= 0.3 is 0 Å². The number of nitrogens with one attached hydrogen (secondary N) is 1. The van der Waals surface area contributed by atoms with Gasteiger partial charge in [-0.15, -0.1) is 0 Å². The molecule has 3 heteroatoms. The molecular weight excluding hydrogens is 226 g/mol. The van der Waals surface area contributed by atoms with Gasteiger partial charge in [-0.05, 0) is 37.0 Å². The van der Waals surface area contributed by atoms with Gasteiger partial charge in [0.2, 0.25) is 0 Å². The van der Waals surface area contributed by atoms with Gasteiger partial charge in [0.1, 0.15) is 0 Å². The van der Waals surface area contributed by atoms with Crippen molar-refractivity contribution in [2.75, 3.05) is 26.4 Å². The van der Waals surface area contributed by atoms with Crippen LogP contribution in [0.5, 0.6) is 0 Å². The van der Waals surface area contributed by atoms with Crippen LogP contribution >= 0.6 is 0 Å². The highest BCUT2D eigenvalue weighted by molar-refractivity contribution is 4.84. The van der Waals surface area contributed by atoms with Crippen LogP contribution in [-0.4, -0.2) is 38.5 Å². The third kappa shape index (κ3) is 3.94. The zero-order valence-corrected chi connectivity index (χ0v) is 12.2. The standard InChI is InChI=1S/C15H29NO2/c1-12(2)14-10-13(4-7-18-14)16-11-15(3)5-8-17-9-6-15/h12-14,16H,4-11H2,1-3H3. The Labute approximate surface area is 112 Å². The van der Waals surface area contributed by atoms with Crippen LogP contribution in [0.3, 0.4) is 0 Å². The van der Waals surface area contributed by atoms with Gasteiger partial charge in [-0.3, -0.25) is 0 Å². The van der Waals surface area contributed by atoms with Gasteiger partial charge < -0.3 is 14.8 Å². The number of hydrogen-bond donors (Lipinski definition) is 1. The van der Waals surface area contributed by atoms with Gasteiger partial charge in [0.25, 0.3) is 0 Å². The predicted octanol–water partition coefficient (Wildman–Crippen LogP) is 2.60. The molecule has 0 bridgehead atoms. The van der Waals surface area contributed by atoms with Gasteiger partial charge in [0.05, 0.1) is 6.10 Å². The van der Waals surface area contributed by atoms with E-state index in [0.717, 1.165) is 32.8 Å². The predicted molar refractivity (Wildman–Crippen MR) is 73.8 cm³/mol. The molecule has 2 unspecified atom stereocenters. The van der Waals surface area contributed by atoms with E-state index in [0.29, 0.717) is 23.5 Å². The smallest absolute Gasteiger partial charge is 0.0612 e.